The Balaban J connectivity index is 2.46. The van der Waals surface area contributed by atoms with Gasteiger partial charge in [0.1, 0.15) is 0 Å². The predicted octanol–water partition coefficient (Wildman–Crippen LogP) is 2.75. The van der Waals surface area contributed by atoms with Crippen LogP contribution in [0.2, 0.25) is 0 Å². The third kappa shape index (κ3) is 6.07. The molecule has 1 rings (SSSR count). The van der Waals surface area contributed by atoms with Gasteiger partial charge < -0.3 is 0 Å². The van der Waals surface area contributed by atoms with Crippen molar-refractivity contribution in [1.29, 1.82) is 0 Å². The van der Waals surface area contributed by atoms with Gasteiger partial charge in [-0.15, -0.1) is 11.6 Å². The fourth-order valence-electron chi connectivity index (χ4n) is 2.33. The molecule has 102 valence electrons. The standard InChI is InChI=1S/C12H24ClNO2S/c1-10-4-3-5-12(7-6-10)14-17(15,16)9-11(2)8-13/h10-12,14H,3-9H2,1-2H3. The predicted molar refractivity (Wildman–Crippen MR) is 72.8 cm³/mol. The van der Waals surface area contributed by atoms with E-state index < -0.39 is 10.0 Å². The summed E-state index contributed by atoms with van der Waals surface area (Å²) in [6.45, 7) is 4.11. The molecule has 0 aromatic carbocycles. The molecule has 3 atom stereocenters. The highest BCUT2D eigenvalue weighted by atomic mass is 35.5. The molecule has 17 heavy (non-hydrogen) atoms. The van der Waals surface area contributed by atoms with E-state index in [1.165, 1.54) is 6.42 Å². The van der Waals surface area contributed by atoms with Crippen LogP contribution in [0.25, 0.3) is 0 Å². The lowest BCUT2D eigenvalue weighted by Gasteiger charge is -2.18. The van der Waals surface area contributed by atoms with Gasteiger partial charge in [0.2, 0.25) is 10.0 Å². The van der Waals surface area contributed by atoms with Crippen LogP contribution in [0, 0.1) is 11.8 Å². The molecule has 0 aromatic rings. The maximum Gasteiger partial charge on any atom is 0.212 e. The van der Waals surface area contributed by atoms with Crippen molar-refractivity contribution in [2.45, 2.75) is 52.0 Å². The summed E-state index contributed by atoms with van der Waals surface area (Å²) in [7, 11) is -3.16. The van der Waals surface area contributed by atoms with Gasteiger partial charge in [-0.1, -0.05) is 26.7 Å². The highest BCUT2D eigenvalue weighted by molar-refractivity contribution is 7.89. The van der Waals surface area contributed by atoms with Crippen molar-refractivity contribution < 1.29 is 8.42 Å². The molecule has 3 unspecified atom stereocenters. The number of halogens is 1. The Bertz CT molecular complexity index is 318. The Hall–Kier alpha value is 0.200. The molecule has 1 aliphatic rings. The molecule has 1 aliphatic carbocycles. The summed E-state index contributed by atoms with van der Waals surface area (Å²) in [5.74, 6) is 1.27. The molecule has 5 heteroatoms. The average Bonchev–Trinajstić information content (AvgIpc) is 2.42. The minimum atomic E-state index is -3.16. The van der Waals surface area contributed by atoms with Gasteiger partial charge in [0, 0.05) is 11.9 Å². The Morgan fingerprint density at radius 2 is 2.00 bits per heavy atom. The third-order valence-corrected chi connectivity index (χ3v) is 5.60. The second-order valence-corrected chi connectivity index (χ2v) is 7.58. The molecule has 0 bridgehead atoms. The molecule has 1 N–H and O–H groups in total. The highest BCUT2D eigenvalue weighted by Crippen LogP contribution is 2.23. The minimum Gasteiger partial charge on any atom is -0.212 e. The van der Waals surface area contributed by atoms with Crippen LogP contribution in [0.5, 0.6) is 0 Å². The molecule has 0 aromatic heterocycles. The first-order valence-electron chi connectivity index (χ1n) is 6.49. The molecule has 1 saturated carbocycles. The van der Waals surface area contributed by atoms with E-state index in [4.69, 9.17) is 11.6 Å². The van der Waals surface area contributed by atoms with Gasteiger partial charge in [-0.3, -0.25) is 0 Å². The van der Waals surface area contributed by atoms with Crippen molar-refractivity contribution in [3.05, 3.63) is 0 Å². The Kier molecular flexibility index (Phi) is 6.24. The lowest BCUT2D eigenvalue weighted by Crippen LogP contribution is -2.37. The Morgan fingerprint density at radius 1 is 1.29 bits per heavy atom. The summed E-state index contributed by atoms with van der Waals surface area (Å²) >= 11 is 5.65. The van der Waals surface area contributed by atoms with Crippen LogP contribution in [0.1, 0.15) is 46.0 Å². The fourth-order valence-corrected chi connectivity index (χ4v) is 4.27. The van der Waals surface area contributed by atoms with Gasteiger partial charge in [0.05, 0.1) is 5.75 Å². The molecule has 0 spiro atoms. The van der Waals surface area contributed by atoms with Crippen molar-refractivity contribution in [3.8, 4) is 0 Å². The molecular weight excluding hydrogens is 258 g/mol. The third-order valence-electron chi connectivity index (χ3n) is 3.37. The van der Waals surface area contributed by atoms with E-state index in [1.54, 1.807) is 0 Å². The first kappa shape index (κ1) is 15.3. The molecule has 0 amide bonds. The zero-order valence-corrected chi connectivity index (χ0v) is 12.4. The van der Waals surface area contributed by atoms with E-state index in [1.807, 2.05) is 6.92 Å². The van der Waals surface area contributed by atoms with Crippen LogP contribution in [0.4, 0.5) is 0 Å². The normalized spacial score (nSPS) is 28.6. The summed E-state index contributed by atoms with van der Waals surface area (Å²) in [6.07, 6.45) is 5.41. The molecule has 0 aliphatic heterocycles. The zero-order valence-electron chi connectivity index (χ0n) is 10.8. The topological polar surface area (TPSA) is 46.2 Å². The summed E-state index contributed by atoms with van der Waals surface area (Å²) in [6, 6.07) is 0.132. The molecule has 0 radical (unpaired) electrons. The monoisotopic (exact) mass is 281 g/mol. The van der Waals surface area contributed by atoms with Crippen molar-refractivity contribution >= 4 is 21.6 Å². The maximum absolute atomic E-state index is 11.9. The second-order valence-electron chi connectivity index (χ2n) is 5.47. The largest absolute Gasteiger partial charge is 0.212 e. The molecule has 3 nitrogen and oxygen atoms in total. The van der Waals surface area contributed by atoms with Crippen molar-refractivity contribution in [1.82, 2.24) is 4.72 Å². The van der Waals surface area contributed by atoms with E-state index in [0.717, 1.165) is 31.6 Å². The molecule has 0 saturated heterocycles. The van der Waals surface area contributed by atoms with Gasteiger partial charge in [0.15, 0.2) is 0 Å². The van der Waals surface area contributed by atoms with Gasteiger partial charge in [0.25, 0.3) is 0 Å². The average molecular weight is 282 g/mol. The number of alkyl halides is 1. The van der Waals surface area contributed by atoms with E-state index >= 15 is 0 Å². The smallest absolute Gasteiger partial charge is 0.212 e. The zero-order chi connectivity index (χ0) is 12.9. The van der Waals surface area contributed by atoms with Gasteiger partial charge in [-0.2, -0.15) is 0 Å². The van der Waals surface area contributed by atoms with Crippen LogP contribution >= 0.6 is 11.6 Å². The van der Waals surface area contributed by atoms with Crippen LogP contribution < -0.4 is 4.72 Å². The summed E-state index contributed by atoms with van der Waals surface area (Å²) in [5.41, 5.74) is 0. The summed E-state index contributed by atoms with van der Waals surface area (Å²) < 4.78 is 26.6. The second kappa shape index (κ2) is 6.95. The number of rotatable bonds is 5. The van der Waals surface area contributed by atoms with Crippen molar-refractivity contribution in [2.24, 2.45) is 11.8 Å². The minimum absolute atomic E-state index is 0.0128. The molecule has 0 heterocycles. The van der Waals surface area contributed by atoms with Crippen LogP contribution in [-0.4, -0.2) is 26.1 Å². The molecule has 1 fully saturated rings. The first-order valence-corrected chi connectivity index (χ1v) is 8.67. The van der Waals surface area contributed by atoms with Crippen LogP contribution in [-0.2, 0) is 10.0 Å². The number of sulfonamides is 1. The van der Waals surface area contributed by atoms with Gasteiger partial charge in [-0.05, 0) is 31.1 Å². The number of nitrogens with one attached hydrogen (secondary N) is 1. The summed E-state index contributed by atoms with van der Waals surface area (Å²) in [5, 5.41) is 0. The van der Waals surface area contributed by atoms with Crippen LogP contribution in [0.15, 0.2) is 0 Å². The van der Waals surface area contributed by atoms with Crippen LogP contribution in [0.3, 0.4) is 0 Å². The maximum atomic E-state index is 11.9. The lowest BCUT2D eigenvalue weighted by molar-refractivity contribution is 0.482. The van der Waals surface area contributed by atoms with Gasteiger partial charge >= 0.3 is 0 Å². The Labute approximate surface area is 110 Å². The fraction of sp³-hybridized carbons (Fsp3) is 1.00. The molecular formula is C12H24ClNO2S. The van der Waals surface area contributed by atoms with E-state index in [2.05, 4.69) is 11.6 Å². The SMILES string of the molecule is CC1CCCC(NS(=O)(=O)CC(C)CCl)CC1. The number of hydrogen-bond acceptors (Lipinski definition) is 2. The van der Waals surface area contributed by atoms with Gasteiger partial charge in [-0.25, -0.2) is 13.1 Å². The van der Waals surface area contributed by atoms with E-state index in [0.29, 0.717) is 5.88 Å². The summed E-state index contributed by atoms with van der Waals surface area (Å²) in [4.78, 5) is 0. The lowest BCUT2D eigenvalue weighted by atomic mass is 10.0. The number of hydrogen-bond donors (Lipinski definition) is 1. The van der Waals surface area contributed by atoms with E-state index in [-0.39, 0.29) is 17.7 Å². The van der Waals surface area contributed by atoms with E-state index in [9.17, 15) is 8.42 Å². The van der Waals surface area contributed by atoms with Crippen molar-refractivity contribution in [3.63, 3.8) is 0 Å². The van der Waals surface area contributed by atoms with Crippen molar-refractivity contribution in [2.75, 3.05) is 11.6 Å². The Morgan fingerprint density at radius 3 is 2.65 bits per heavy atom. The quantitative estimate of drug-likeness (QED) is 0.622. The first-order chi connectivity index (χ1) is 7.93. The highest BCUT2D eigenvalue weighted by Gasteiger charge is 2.22.